The number of fused-ring (bicyclic) bond motifs is 2. The summed E-state index contributed by atoms with van der Waals surface area (Å²) in [6.07, 6.45) is 4.78. The Labute approximate surface area is 102 Å². The zero-order valence-corrected chi connectivity index (χ0v) is 11.0. The van der Waals surface area contributed by atoms with Crippen molar-refractivity contribution >= 4 is 11.7 Å². The zero-order chi connectivity index (χ0) is 12.8. The van der Waals surface area contributed by atoms with Gasteiger partial charge in [0.1, 0.15) is 0 Å². The minimum absolute atomic E-state index is 0.260. The number of carbonyl (C=O) groups is 1. The van der Waals surface area contributed by atoms with Gasteiger partial charge in [-0.1, -0.05) is 26.8 Å². The van der Waals surface area contributed by atoms with Gasteiger partial charge in [0.2, 0.25) is 0 Å². The monoisotopic (exact) mass is 235 g/mol. The molecule has 0 radical (unpaired) electrons. The zero-order valence-electron chi connectivity index (χ0n) is 11.0. The topological polar surface area (TPSA) is 67.5 Å². The lowest BCUT2D eigenvalue weighted by Gasteiger charge is -2.34. The van der Waals surface area contributed by atoms with Gasteiger partial charge in [0.15, 0.2) is 0 Å². The molecule has 2 aliphatic carbocycles. The smallest absolute Gasteiger partial charge is 0.332 e. The fourth-order valence-corrected chi connectivity index (χ4v) is 3.33. The minimum Gasteiger partial charge on any atom is -0.350 e. The highest BCUT2D eigenvalue weighted by molar-refractivity contribution is 6.00. The van der Waals surface area contributed by atoms with Gasteiger partial charge in [-0.05, 0) is 42.1 Å². The molecule has 2 amide bonds. The molecule has 1 saturated carbocycles. The summed E-state index contributed by atoms with van der Waals surface area (Å²) in [7, 11) is 0. The SMILES string of the molecule is C/C(=N\NC(N)=O)C1=C[C@@]2(C)CC[C@H]1C2(C)C. The van der Waals surface area contributed by atoms with Crippen molar-refractivity contribution in [2.24, 2.45) is 27.6 Å². The van der Waals surface area contributed by atoms with E-state index in [9.17, 15) is 4.79 Å². The molecule has 1 fully saturated rings. The molecule has 0 saturated heterocycles. The summed E-state index contributed by atoms with van der Waals surface area (Å²) in [5.41, 5.74) is 10.0. The molecule has 2 bridgehead atoms. The van der Waals surface area contributed by atoms with Crippen LogP contribution in [0, 0.1) is 16.7 Å². The Morgan fingerprint density at radius 2 is 2.18 bits per heavy atom. The van der Waals surface area contributed by atoms with Crippen LogP contribution in [0.5, 0.6) is 0 Å². The van der Waals surface area contributed by atoms with E-state index in [1.54, 1.807) is 0 Å². The number of hydrogen-bond donors (Lipinski definition) is 2. The van der Waals surface area contributed by atoms with Gasteiger partial charge in [0, 0.05) is 0 Å². The molecule has 2 aliphatic rings. The number of nitrogens with one attached hydrogen (secondary N) is 1. The fourth-order valence-electron chi connectivity index (χ4n) is 3.33. The average molecular weight is 235 g/mol. The van der Waals surface area contributed by atoms with Gasteiger partial charge in [-0.15, -0.1) is 0 Å². The van der Waals surface area contributed by atoms with E-state index in [2.05, 4.69) is 37.4 Å². The van der Waals surface area contributed by atoms with Gasteiger partial charge in [-0.2, -0.15) is 5.10 Å². The molecule has 0 aromatic heterocycles. The molecule has 0 unspecified atom stereocenters. The molecular formula is C13H21N3O. The number of hydrogen-bond acceptors (Lipinski definition) is 2. The quantitative estimate of drug-likeness (QED) is 0.560. The van der Waals surface area contributed by atoms with Crippen LogP contribution < -0.4 is 11.2 Å². The summed E-state index contributed by atoms with van der Waals surface area (Å²) in [4.78, 5) is 10.7. The van der Waals surface area contributed by atoms with E-state index in [-0.39, 0.29) is 10.8 Å². The number of urea groups is 1. The van der Waals surface area contributed by atoms with Crippen LogP contribution in [-0.2, 0) is 0 Å². The maximum atomic E-state index is 10.7. The summed E-state index contributed by atoms with van der Waals surface area (Å²) in [5.74, 6) is 0.547. The van der Waals surface area contributed by atoms with E-state index in [1.807, 2.05) is 6.92 Å². The van der Waals surface area contributed by atoms with Crippen LogP contribution in [0.3, 0.4) is 0 Å². The lowest BCUT2D eigenvalue weighted by molar-refractivity contribution is 0.181. The third-order valence-corrected chi connectivity index (χ3v) is 4.90. The Balaban J connectivity index is 2.26. The van der Waals surface area contributed by atoms with Gasteiger partial charge in [0.05, 0.1) is 5.71 Å². The lowest BCUT2D eigenvalue weighted by atomic mass is 9.70. The van der Waals surface area contributed by atoms with Crippen LogP contribution in [0.25, 0.3) is 0 Å². The van der Waals surface area contributed by atoms with Crippen molar-refractivity contribution in [3.05, 3.63) is 11.6 Å². The Kier molecular flexibility index (Phi) is 2.56. The molecule has 4 nitrogen and oxygen atoms in total. The molecule has 2 rings (SSSR count). The first-order valence-corrected chi connectivity index (χ1v) is 6.11. The Morgan fingerprint density at radius 3 is 2.59 bits per heavy atom. The molecule has 0 aromatic rings. The molecule has 94 valence electrons. The van der Waals surface area contributed by atoms with Crippen LogP contribution in [0.4, 0.5) is 4.79 Å². The normalized spacial score (nSPS) is 34.7. The van der Waals surface area contributed by atoms with Crippen molar-refractivity contribution in [1.29, 1.82) is 0 Å². The molecule has 2 atom stereocenters. The van der Waals surface area contributed by atoms with Crippen molar-refractivity contribution in [2.75, 3.05) is 0 Å². The third-order valence-electron chi connectivity index (χ3n) is 4.90. The van der Waals surface area contributed by atoms with Gasteiger partial charge in [-0.25, -0.2) is 10.2 Å². The molecule has 17 heavy (non-hydrogen) atoms. The van der Waals surface area contributed by atoms with Gasteiger partial charge in [-0.3, -0.25) is 0 Å². The highest BCUT2D eigenvalue weighted by Gasteiger charge is 2.56. The number of nitrogens with two attached hydrogens (primary N) is 1. The van der Waals surface area contributed by atoms with Crippen molar-refractivity contribution in [2.45, 2.75) is 40.5 Å². The maximum Gasteiger partial charge on any atom is 0.332 e. The summed E-state index contributed by atoms with van der Waals surface area (Å²) in [6, 6.07) is -0.612. The fraction of sp³-hybridized carbons (Fsp3) is 0.692. The third kappa shape index (κ3) is 1.66. The highest BCUT2D eigenvalue weighted by atomic mass is 16.2. The molecule has 0 spiro atoms. The van der Waals surface area contributed by atoms with Crippen LogP contribution in [0.2, 0.25) is 0 Å². The largest absolute Gasteiger partial charge is 0.350 e. The molecular weight excluding hydrogens is 214 g/mol. The van der Waals surface area contributed by atoms with Crippen molar-refractivity contribution in [1.82, 2.24) is 5.43 Å². The molecule has 3 N–H and O–H groups in total. The predicted octanol–water partition coefficient (Wildman–Crippen LogP) is 2.41. The van der Waals surface area contributed by atoms with Crippen LogP contribution in [0.1, 0.15) is 40.5 Å². The average Bonchev–Trinajstić information content (AvgIpc) is 2.57. The van der Waals surface area contributed by atoms with Gasteiger partial charge < -0.3 is 5.73 Å². The van der Waals surface area contributed by atoms with Crippen molar-refractivity contribution < 1.29 is 4.79 Å². The van der Waals surface area contributed by atoms with E-state index >= 15 is 0 Å². The number of amides is 2. The summed E-state index contributed by atoms with van der Waals surface area (Å²) >= 11 is 0. The standard InChI is InChI=1S/C13H21N3O/c1-8(15-16-11(14)17)9-7-13(4)6-5-10(9)12(13,2)3/h7,10H,5-6H2,1-4H3,(H3,14,16,17)/b15-8+/t10-,13-/m1/s1. The lowest BCUT2D eigenvalue weighted by Crippen LogP contribution is -2.28. The summed E-state index contributed by atoms with van der Waals surface area (Å²) < 4.78 is 0. The van der Waals surface area contributed by atoms with E-state index in [4.69, 9.17) is 5.73 Å². The van der Waals surface area contributed by atoms with Crippen molar-refractivity contribution in [3.8, 4) is 0 Å². The summed E-state index contributed by atoms with van der Waals surface area (Å²) in [6.45, 7) is 8.89. The molecule has 0 aromatic carbocycles. The first kappa shape index (κ1) is 12.1. The Bertz CT molecular complexity index is 422. The number of primary amides is 1. The highest BCUT2D eigenvalue weighted by Crippen LogP contribution is 2.64. The van der Waals surface area contributed by atoms with Gasteiger partial charge >= 0.3 is 6.03 Å². The molecule has 4 heteroatoms. The second kappa shape index (κ2) is 3.59. The second-order valence-corrected chi connectivity index (χ2v) is 6.00. The van der Waals surface area contributed by atoms with Crippen LogP contribution in [-0.4, -0.2) is 11.7 Å². The van der Waals surface area contributed by atoms with Crippen molar-refractivity contribution in [3.63, 3.8) is 0 Å². The van der Waals surface area contributed by atoms with Crippen LogP contribution >= 0.6 is 0 Å². The number of hydrazone groups is 1. The number of nitrogens with zero attached hydrogens (tertiary/aromatic N) is 1. The second-order valence-electron chi connectivity index (χ2n) is 6.00. The number of rotatable bonds is 2. The maximum absolute atomic E-state index is 10.7. The number of carbonyl (C=O) groups excluding carboxylic acids is 1. The minimum atomic E-state index is -0.612. The Morgan fingerprint density at radius 1 is 1.53 bits per heavy atom. The van der Waals surface area contributed by atoms with E-state index < -0.39 is 6.03 Å². The van der Waals surface area contributed by atoms with Crippen LogP contribution in [0.15, 0.2) is 16.8 Å². The van der Waals surface area contributed by atoms with E-state index in [1.165, 1.54) is 18.4 Å². The van der Waals surface area contributed by atoms with E-state index in [0.29, 0.717) is 5.92 Å². The Hall–Kier alpha value is -1.32. The first-order valence-electron chi connectivity index (χ1n) is 6.11. The first-order chi connectivity index (χ1) is 7.78. The molecule has 0 heterocycles. The van der Waals surface area contributed by atoms with Gasteiger partial charge in [0.25, 0.3) is 0 Å². The number of allylic oxidation sites excluding steroid dienone is 2. The predicted molar refractivity (Wildman–Crippen MR) is 68.5 cm³/mol. The summed E-state index contributed by atoms with van der Waals surface area (Å²) in [5, 5.41) is 4.04. The van der Waals surface area contributed by atoms with E-state index in [0.717, 1.165) is 5.71 Å². The molecule has 0 aliphatic heterocycles.